The Morgan fingerprint density at radius 3 is 2.52 bits per heavy atom. The molecule has 0 radical (unpaired) electrons. The number of aliphatic hydroxyl groups is 1. The van der Waals surface area contributed by atoms with Crippen LogP contribution < -0.4 is 10.2 Å². The molecule has 1 aliphatic heterocycles. The highest BCUT2D eigenvalue weighted by molar-refractivity contribution is 6.11. The predicted octanol–water partition coefficient (Wildman–Crippen LogP) is 1.71. The molecule has 2 aromatic carbocycles. The summed E-state index contributed by atoms with van der Waals surface area (Å²) < 4.78 is 0. The number of carbonyl (C=O) groups excluding carboxylic acids is 2. The largest absolute Gasteiger partial charge is 0.378 e. The first kappa shape index (κ1) is 13.3. The first-order valence-corrected chi connectivity index (χ1v) is 6.60. The number of hydrogen-bond donors (Lipinski definition) is 2. The SMILES string of the molecule is O=C1CN(C(=O)C(O)c2ccccc2)c2ccccc2N1. The van der Waals surface area contributed by atoms with E-state index in [-0.39, 0.29) is 12.5 Å². The highest BCUT2D eigenvalue weighted by atomic mass is 16.3. The van der Waals surface area contributed by atoms with Crippen molar-refractivity contribution >= 4 is 23.2 Å². The van der Waals surface area contributed by atoms with Crippen LogP contribution in [0, 0.1) is 0 Å². The first-order valence-electron chi connectivity index (χ1n) is 6.60. The molecule has 0 fully saturated rings. The minimum atomic E-state index is -1.29. The highest BCUT2D eigenvalue weighted by Gasteiger charge is 2.31. The Morgan fingerprint density at radius 1 is 1.10 bits per heavy atom. The number of benzene rings is 2. The lowest BCUT2D eigenvalue weighted by Crippen LogP contribution is -2.44. The number of nitrogens with one attached hydrogen (secondary N) is 1. The van der Waals surface area contributed by atoms with Gasteiger partial charge in [-0.05, 0) is 17.7 Å². The molecule has 0 spiro atoms. The summed E-state index contributed by atoms with van der Waals surface area (Å²) >= 11 is 0. The van der Waals surface area contributed by atoms with Crippen molar-refractivity contribution in [3.8, 4) is 0 Å². The monoisotopic (exact) mass is 282 g/mol. The minimum absolute atomic E-state index is 0.0975. The van der Waals surface area contributed by atoms with E-state index in [4.69, 9.17) is 0 Å². The zero-order valence-corrected chi connectivity index (χ0v) is 11.2. The molecule has 0 aliphatic carbocycles. The fourth-order valence-electron chi connectivity index (χ4n) is 2.36. The van der Waals surface area contributed by atoms with Crippen molar-refractivity contribution in [1.82, 2.24) is 0 Å². The van der Waals surface area contributed by atoms with Gasteiger partial charge < -0.3 is 10.4 Å². The topological polar surface area (TPSA) is 69.6 Å². The number of aliphatic hydroxyl groups excluding tert-OH is 1. The van der Waals surface area contributed by atoms with Crippen LogP contribution in [0.3, 0.4) is 0 Å². The Kier molecular flexibility index (Phi) is 3.41. The molecule has 0 aromatic heterocycles. The third kappa shape index (κ3) is 2.51. The van der Waals surface area contributed by atoms with Crippen molar-refractivity contribution in [3.63, 3.8) is 0 Å². The van der Waals surface area contributed by atoms with Crippen LogP contribution in [0.1, 0.15) is 11.7 Å². The van der Waals surface area contributed by atoms with Crippen LogP contribution in [0.2, 0.25) is 0 Å². The summed E-state index contributed by atoms with van der Waals surface area (Å²) in [4.78, 5) is 25.5. The summed E-state index contributed by atoms with van der Waals surface area (Å²) in [5.41, 5.74) is 1.67. The van der Waals surface area contributed by atoms with Crippen LogP contribution in [0.5, 0.6) is 0 Å². The second-order valence-corrected chi connectivity index (χ2v) is 4.80. The minimum Gasteiger partial charge on any atom is -0.378 e. The van der Waals surface area contributed by atoms with Gasteiger partial charge in [0.05, 0.1) is 11.4 Å². The van der Waals surface area contributed by atoms with Crippen LogP contribution in [0.25, 0.3) is 0 Å². The number of rotatable bonds is 2. The molecule has 1 aliphatic rings. The molecule has 1 heterocycles. The molecule has 2 amide bonds. The van der Waals surface area contributed by atoms with E-state index in [0.717, 1.165) is 0 Å². The van der Waals surface area contributed by atoms with Crippen molar-refractivity contribution in [1.29, 1.82) is 0 Å². The fourth-order valence-corrected chi connectivity index (χ4v) is 2.36. The number of para-hydroxylation sites is 2. The van der Waals surface area contributed by atoms with Gasteiger partial charge in [-0.3, -0.25) is 14.5 Å². The predicted molar refractivity (Wildman–Crippen MR) is 78.8 cm³/mol. The van der Waals surface area contributed by atoms with Crippen molar-refractivity contribution in [2.75, 3.05) is 16.8 Å². The maximum atomic E-state index is 12.5. The van der Waals surface area contributed by atoms with Gasteiger partial charge in [0.15, 0.2) is 6.10 Å². The van der Waals surface area contributed by atoms with Crippen LogP contribution in [-0.4, -0.2) is 23.5 Å². The first-order chi connectivity index (χ1) is 10.2. The van der Waals surface area contributed by atoms with E-state index in [1.165, 1.54) is 4.90 Å². The van der Waals surface area contributed by atoms with E-state index >= 15 is 0 Å². The van der Waals surface area contributed by atoms with Gasteiger partial charge in [0.1, 0.15) is 6.54 Å². The highest BCUT2D eigenvalue weighted by Crippen LogP contribution is 2.31. The van der Waals surface area contributed by atoms with Crippen LogP contribution in [0.15, 0.2) is 54.6 Å². The van der Waals surface area contributed by atoms with Crippen LogP contribution in [0.4, 0.5) is 11.4 Å². The number of carbonyl (C=O) groups is 2. The maximum Gasteiger partial charge on any atom is 0.260 e. The van der Waals surface area contributed by atoms with Crippen LogP contribution in [-0.2, 0) is 9.59 Å². The Balaban J connectivity index is 1.93. The molecule has 3 rings (SSSR count). The molecule has 0 saturated carbocycles. The average molecular weight is 282 g/mol. The number of fused-ring (bicyclic) bond motifs is 1. The third-order valence-corrected chi connectivity index (χ3v) is 3.39. The van der Waals surface area contributed by atoms with Crippen molar-refractivity contribution in [2.45, 2.75) is 6.10 Å². The van der Waals surface area contributed by atoms with Gasteiger partial charge in [-0.25, -0.2) is 0 Å². The van der Waals surface area contributed by atoms with Crippen molar-refractivity contribution in [2.24, 2.45) is 0 Å². The van der Waals surface area contributed by atoms with Gasteiger partial charge in [-0.2, -0.15) is 0 Å². The van der Waals surface area contributed by atoms with Gasteiger partial charge in [0.25, 0.3) is 5.91 Å². The second-order valence-electron chi connectivity index (χ2n) is 4.80. The summed E-state index contributed by atoms with van der Waals surface area (Å²) in [7, 11) is 0. The number of hydrogen-bond acceptors (Lipinski definition) is 3. The van der Waals surface area contributed by atoms with E-state index in [1.54, 1.807) is 48.5 Å². The standard InChI is InChI=1S/C16H14N2O3/c19-14-10-18(13-9-5-4-8-12(13)17-14)16(21)15(20)11-6-2-1-3-7-11/h1-9,15,20H,10H2,(H,17,19). The lowest BCUT2D eigenvalue weighted by atomic mass is 10.1. The van der Waals surface area contributed by atoms with E-state index < -0.39 is 12.0 Å². The molecular formula is C16H14N2O3. The van der Waals surface area contributed by atoms with Gasteiger partial charge in [-0.15, -0.1) is 0 Å². The normalized spacial score (nSPS) is 15.1. The molecule has 106 valence electrons. The molecule has 5 nitrogen and oxygen atoms in total. The third-order valence-electron chi connectivity index (χ3n) is 3.39. The number of anilines is 2. The van der Waals surface area contributed by atoms with Gasteiger partial charge >= 0.3 is 0 Å². The maximum absolute atomic E-state index is 12.5. The second kappa shape index (κ2) is 5.38. The number of amides is 2. The zero-order valence-electron chi connectivity index (χ0n) is 11.2. The van der Waals surface area contributed by atoms with E-state index in [9.17, 15) is 14.7 Å². The van der Waals surface area contributed by atoms with Crippen molar-refractivity contribution < 1.29 is 14.7 Å². The lowest BCUT2D eigenvalue weighted by Gasteiger charge is -2.30. The van der Waals surface area contributed by atoms with E-state index in [1.807, 2.05) is 6.07 Å². The molecule has 0 saturated heterocycles. The molecular weight excluding hydrogens is 268 g/mol. The van der Waals surface area contributed by atoms with E-state index in [0.29, 0.717) is 16.9 Å². The molecule has 2 N–H and O–H groups in total. The summed E-state index contributed by atoms with van der Waals surface area (Å²) in [5, 5.41) is 12.9. The zero-order chi connectivity index (χ0) is 14.8. The Hall–Kier alpha value is -2.66. The van der Waals surface area contributed by atoms with Gasteiger partial charge in [0.2, 0.25) is 5.91 Å². The molecule has 0 bridgehead atoms. The smallest absolute Gasteiger partial charge is 0.260 e. The lowest BCUT2D eigenvalue weighted by molar-refractivity contribution is -0.128. The van der Waals surface area contributed by atoms with Crippen molar-refractivity contribution in [3.05, 3.63) is 60.2 Å². The average Bonchev–Trinajstić information content (AvgIpc) is 2.53. The molecule has 21 heavy (non-hydrogen) atoms. The quantitative estimate of drug-likeness (QED) is 0.881. The molecule has 2 aromatic rings. The summed E-state index contributed by atoms with van der Waals surface area (Å²) in [6.07, 6.45) is -1.29. The molecule has 1 unspecified atom stereocenters. The Morgan fingerprint density at radius 2 is 1.76 bits per heavy atom. The summed E-state index contributed by atoms with van der Waals surface area (Å²) in [6.45, 7) is -0.0975. The fraction of sp³-hybridized carbons (Fsp3) is 0.125. The molecule has 5 heteroatoms. The Labute approximate surface area is 121 Å². The Bertz CT molecular complexity index is 685. The summed E-state index contributed by atoms with van der Waals surface area (Å²) in [6, 6.07) is 15.7. The molecule has 1 atom stereocenters. The summed E-state index contributed by atoms with van der Waals surface area (Å²) in [5.74, 6) is -0.786. The number of nitrogens with zero attached hydrogens (tertiary/aromatic N) is 1. The van der Waals surface area contributed by atoms with Crippen LogP contribution >= 0.6 is 0 Å². The van der Waals surface area contributed by atoms with E-state index in [2.05, 4.69) is 5.32 Å². The van der Waals surface area contributed by atoms with Gasteiger partial charge in [0, 0.05) is 0 Å². The van der Waals surface area contributed by atoms with Gasteiger partial charge in [-0.1, -0.05) is 42.5 Å².